The molecule has 1 aliphatic rings. The monoisotopic (exact) mass is 214 g/mol. The van der Waals surface area contributed by atoms with Gasteiger partial charge in [0.2, 0.25) is 0 Å². The average Bonchev–Trinajstić information content (AvgIpc) is 2.14. The first kappa shape index (κ1) is 12.3. The summed E-state index contributed by atoms with van der Waals surface area (Å²) < 4.78 is 5.16. The number of nitrogens with one attached hydrogen (secondary N) is 2. The van der Waals surface area contributed by atoms with E-state index in [0.29, 0.717) is 12.5 Å². The van der Waals surface area contributed by atoms with E-state index in [0.717, 1.165) is 13.1 Å². The van der Waals surface area contributed by atoms with Gasteiger partial charge in [-0.25, -0.2) is 4.79 Å². The van der Waals surface area contributed by atoms with Crippen LogP contribution in [0.2, 0.25) is 0 Å². The van der Waals surface area contributed by atoms with E-state index in [1.54, 1.807) is 0 Å². The van der Waals surface area contributed by atoms with Crippen molar-refractivity contribution >= 4 is 6.09 Å². The Morgan fingerprint density at radius 3 is 2.80 bits per heavy atom. The zero-order valence-electron chi connectivity index (χ0n) is 9.93. The minimum atomic E-state index is -0.408. The molecule has 15 heavy (non-hydrogen) atoms. The van der Waals surface area contributed by atoms with Gasteiger partial charge in [-0.2, -0.15) is 0 Å². The number of alkyl carbamates (subject to hydrolysis) is 1. The van der Waals surface area contributed by atoms with Gasteiger partial charge in [0, 0.05) is 6.54 Å². The summed E-state index contributed by atoms with van der Waals surface area (Å²) in [5, 5.41) is 6.12. The predicted molar refractivity (Wildman–Crippen MR) is 59.8 cm³/mol. The number of carbonyl (C=O) groups is 1. The minimum Gasteiger partial charge on any atom is -0.444 e. The molecule has 2 N–H and O–H groups in total. The lowest BCUT2D eigenvalue weighted by atomic mass is 10.00. The molecule has 0 aliphatic carbocycles. The Hall–Kier alpha value is -0.770. The first-order chi connectivity index (χ1) is 6.97. The van der Waals surface area contributed by atoms with E-state index in [-0.39, 0.29) is 6.09 Å². The molecule has 0 saturated carbocycles. The van der Waals surface area contributed by atoms with Gasteiger partial charge >= 0.3 is 6.09 Å². The summed E-state index contributed by atoms with van der Waals surface area (Å²) in [6.07, 6.45) is 2.07. The van der Waals surface area contributed by atoms with Crippen LogP contribution < -0.4 is 10.6 Å². The Morgan fingerprint density at radius 2 is 2.27 bits per heavy atom. The van der Waals surface area contributed by atoms with Gasteiger partial charge in [0.05, 0.1) is 0 Å². The van der Waals surface area contributed by atoms with Crippen molar-refractivity contribution in [1.29, 1.82) is 0 Å². The topological polar surface area (TPSA) is 50.4 Å². The number of hydrogen-bond donors (Lipinski definition) is 2. The van der Waals surface area contributed by atoms with Crippen LogP contribution in [0.3, 0.4) is 0 Å². The van der Waals surface area contributed by atoms with Crippen molar-refractivity contribution in [2.75, 3.05) is 19.6 Å². The fourth-order valence-corrected chi connectivity index (χ4v) is 1.64. The molecule has 88 valence electrons. The predicted octanol–water partition coefficient (Wildman–Crippen LogP) is 1.51. The summed E-state index contributed by atoms with van der Waals surface area (Å²) in [6, 6.07) is 0. The Balaban J connectivity index is 2.15. The molecule has 1 amide bonds. The molecule has 0 bridgehead atoms. The third kappa shape index (κ3) is 5.62. The van der Waals surface area contributed by atoms with Crippen LogP contribution in [0.25, 0.3) is 0 Å². The van der Waals surface area contributed by atoms with E-state index in [1.165, 1.54) is 12.8 Å². The smallest absolute Gasteiger partial charge is 0.407 e. The van der Waals surface area contributed by atoms with Crippen LogP contribution in [0.1, 0.15) is 33.6 Å². The third-order valence-electron chi connectivity index (χ3n) is 2.33. The highest BCUT2D eigenvalue weighted by Crippen LogP contribution is 2.09. The number of hydrogen-bond acceptors (Lipinski definition) is 3. The molecule has 1 atom stereocenters. The first-order valence-electron chi connectivity index (χ1n) is 5.65. The van der Waals surface area contributed by atoms with Crippen molar-refractivity contribution < 1.29 is 9.53 Å². The van der Waals surface area contributed by atoms with E-state index < -0.39 is 5.60 Å². The van der Waals surface area contributed by atoms with Crippen LogP contribution in [0.5, 0.6) is 0 Å². The summed E-state index contributed by atoms with van der Waals surface area (Å²) in [5.74, 6) is 0.547. The van der Waals surface area contributed by atoms with Crippen molar-refractivity contribution in [2.45, 2.75) is 39.2 Å². The van der Waals surface area contributed by atoms with Gasteiger partial charge in [0.15, 0.2) is 0 Å². The molecule has 0 aromatic heterocycles. The van der Waals surface area contributed by atoms with E-state index in [2.05, 4.69) is 10.6 Å². The Bertz CT molecular complexity index is 205. The molecule has 1 saturated heterocycles. The van der Waals surface area contributed by atoms with Crippen LogP contribution in [-0.4, -0.2) is 31.3 Å². The van der Waals surface area contributed by atoms with E-state index in [4.69, 9.17) is 4.74 Å². The number of ether oxygens (including phenoxy) is 1. The summed E-state index contributed by atoms with van der Waals surface area (Å²) in [6.45, 7) is 8.42. The van der Waals surface area contributed by atoms with Crippen LogP contribution in [0.4, 0.5) is 4.79 Å². The number of amides is 1. The maximum Gasteiger partial charge on any atom is 0.407 e. The maximum absolute atomic E-state index is 11.3. The number of rotatable bonds is 2. The van der Waals surface area contributed by atoms with Gasteiger partial charge in [0.25, 0.3) is 0 Å². The molecule has 0 aromatic rings. The Labute approximate surface area is 91.8 Å². The summed E-state index contributed by atoms with van der Waals surface area (Å²) in [5.41, 5.74) is -0.408. The zero-order chi connectivity index (χ0) is 11.3. The molecule has 4 heteroatoms. The molecule has 1 aliphatic heterocycles. The van der Waals surface area contributed by atoms with Crippen molar-refractivity contribution in [1.82, 2.24) is 10.6 Å². The Morgan fingerprint density at radius 1 is 1.53 bits per heavy atom. The molecular formula is C11H22N2O2. The summed E-state index contributed by atoms with van der Waals surface area (Å²) in [7, 11) is 0. The zero-order valence-corrected chi connectivity index (χ0v) is 9.93. The maximum atomic E-state index is 11.3. The van der Waals surface area contributed by atoms with Gasteiger partial charge < -0.3 is 15.4 Å². The van der Waals surface area contributed by atoms with Crippen LogP contribution in [0, 0.1) is 5.92 Å². The lowest BCUT2D eigenvalue weighted by Crippen LogP contribution is -2.40. The second kappa shape index (κ2) is 5.35. The highest BCUT2D eigenvalue weighted by molar-refractivity contribution is 5.67. The van der Waals surface area contributed by atoms with Crippen molar-refractivity contribution in [3.63, 3.8) is 0 Å². The summed E-state index contributed by atoms with van der Waals surface area (Å²) >= 11 is 0. The molecule has 1 heterocycles. The van der Waals surface area contributed by atoms with Gasteiger partial charge in [-0.1, -0.05) is 0 Å². The highest BCUT2D eigenvalue weighted by atomic mass is 16.6. The molecule has 1 fully saturated rings. The largest absolute Gasteiger partial charge is 0.444 e. The van der Waals surface area contributed by atoms with Crippen LogP contribution >= 0.6 is 0 Å². The molecule has 1 rings (SSSR count). The number of carbonyl (C=O) groups excluding carboxylic acids is 1. The molecule has 0 unspecified atom stereocenters. The third-order valence-corrected chi connectivity index (χ3v) is 2.33. The van der Waals surface area contributed by atoms with Gasteiger partial charge in [-0.3, -0.25) is 0 Å². The Kier molecular flexibility index (Phi) is 4.39. The SMILES string of the molecule is CC(C)(C)OC(=O)NC[C@@H]1CCCNC1. The van der Waals surface area contributed by atoms with Crippen molar-refractivity contribution in [2.24, 2.45) is 5.92 Å². The van der Waals surface area contributed by atoms with Crippen LogP contribution in [0.15, 0.2) is 0 Å². The number of piperidine rings is 1. The quantitative estimate of drug-likeness (QED) is 0.732. The second-order valence-corrected chi connectivity index (χ2v) is 5.10. The molecule has 0 spiro atoms. The molecule has 0 radical (unpaired) electrons. The molecular weight excluding hydrogens is 192 g/mol. The average molecular weight is 214 g/mol. The summed E-state index contributed by atoms with van der Waals surface area (Å²) in [4.78, 5) is 11.3. The fourth-order valence-electron chi connectivity index (χ4n) is 1.64. The van der Waals surface area contributed by atoms with Gasteiger partial charge in [-0.05, 0) is 52.6 Å². The van der Waals surface area contributed by atoms with E-state index in [9.17, 15) is 4.79 Å². The van der Waals surface area contributed by atoms with Gasteiger partial charge in [-0.15, -0.1) is 0 Å². The van der Waals surface area contributed by atoms with Crippen molar-refractivity contribution in [3.8, 4) is 0 Å². The van der Waals surface area contributed by atoms with Crippen LogP contribution in [-0.2, 0) is 4.74 Å². The van der Waals surface area contributed by atoms with Crippen molar-refractivity contribution in [3.05, 3.63) is 0 Å². The first-order valence-corrected chi connectivity index (χ1v) is 5.65. The van der Waals surface area contributed by atoms with E-state index >= 15 is 0 Å². The fraction of sp³-hybridized carbons (Fsp3) is 0.909. The second-order valence-electron chi connectivity index (χ2n) is 5.10. The minimum absolute atomic E-state index is 0.312. The standard InChI is InChI=1S/C11H22N2O2/c1-11(2,3)15-10(14)13-8-9-5-4-6-12-7-9/h9,12H,4-8H2,1-3H3,(H,13,14)/t9-/m1/s1. The lowest BCUT2D eigenvalue weighted by molar-refractivity contribution is 0.0517. The molecule has 0 aromatic carbocycles. The van der Waals surface area contributed by atoms with Gasteiger partial charge in [0.1, 0.15) is 5.60 Å². The molecule has 4 nitrogen and oxygen atoms in total. The lowest BCUT2D eigenvalue weighted by Gasteiger charge is -2.24. The highest BCUT2D eigenvalue weighted by Gasteiger charge is 2.18. The van der Waals surface area contributed by atoms with E-state index in [1.807, 2.05) is 20.8 Å². The normalized spacial score (nSPS) is 22.2.